The van der Waals surface area contributed by atoms with E-state index in [4.69, 9.17) is 10.5 Å². The summed E-state index contributed by atoms with van der Waals surface area (Å²) >= 11 is 0. The molecule has 0 bridgehead atoms. The topological polar surface area (TPSA) is 64.4 Å². The lowest BCUT2D eigenvalue weighted by Crippen LogP contribution is -2.48. The van der Waals surface area contributed by atoms with E-state index in [9.17, 15) is 4.79 Å². The molecule has 70 valence electrons. The van der Waals surface area contributed by atoms with Gasteiger partial charge in [-0.1, -0.05) is 0 Å². The quantitative estimate of drug-likeness (QED) is 0.537. The average Bonchev–Trinajstić information content (AvgIpc) is 1.92. The summed E-state index contributed by atoms with van der Waals surface area (Å²) in [6, 6.07) is 0. The molecule has 1 aliphatic rings. The van der Waals surface area contributed by atoms with Gasteiger partial charge in [-0.2, -0.15) is 0 Å². The fourth-order valence-electron chi connectivity index (χ4n) is 1.03. The highest BCUT2D eigenvalue weighted by molar-refractivity contribution is 5.73. The summed E-state index contributed by atoms with van der Waals surface area (Å²) in [7, 11) is 0. The Kier molecular flexibility index (Phi) is 4.04. The van der Waals surface area contributed by atoms with Gasteiger partial charge in [0.05, 0.1) is 6.10 Å². The number of nitrogens with two attached hydrogens (primary N) is 1. The standard InChI is InChI=1S/C8H16N2O2/c9-8(11)3-1-2-4-12-7-5-10-6-7/h7,10H,1-6H2,(H2,9,11). The first-order chi connectivity index (χ1) is 5.79. The molecule has 0 radical (unpaired) electrons. The van der Waals surface area contributed by atoms with Crippen molar-refractivity contribution in [2.45, 2.75) is 25.4 Å². The third kappa shape index (κ3) is 3.69. The Labute approximate surface area is 72.5 Å². The predicted octanol–water partition coefficient (Wildman–Crippen LogP) is -0.370. The van der Waals surface area contributed by atoms with E-state index in [1.807, 2.05) is 0 Å². The van der Waals surface area contributed by atoms with E-state index in [1.165, 1.54) is 0 Å². The number of carbonyl (C=O) groups is 1. The zero-order valence-electron chi connectivity index (χ0n) is 7.21. The Hall–Kier alpha value is -0.610. The second-order valence-electron chi connectivity index (χ2n) is 3.07. The van der Waals surface area contributed by atoms with Crippen LogP contribution in [-0.2, 0) is 9.53 Å². The molecule has 1 amide bonds. The van der Waals surface area contributed by atoms with Crippen LogP contribution in [0.5, 0.6) is 0 Å². The SMILES string of the molecule is NC(=O)CCCCOC1CNC1. The third-order valence-electron chi connectivity index (χ3n) is 1.92. The van der Waals surface area contributed by atoms with Crippen molar-refractivity contribution in [2.24, 2.45) is 5.73 Å². The Bertz CT molecular complexity index is 146. The minimum absolute atomic E-state index is 0.222. The van der Waals surface area contributed by atoms with Crippen LogP contribution >= 0.6 is 0 Å². The molecule has 1 saturated heterocycles. The van der Waals surface area contributed by atoms with Crippen LogP contribution in [-0.4, -0.2) is 31.7 Å². The second-order valence-corrected chi connectivity index (χ2v) is 3.07. The number of ether oxygens (including phenoxy) is 1. The third-order valence-corrected chi connectivity index (χ3v) is 1.92. The van der Waals surface area contributed by atoms with Crippen LogP contribution in [0.3, 0.4) is 0 Å². The number of hydrogen-bond acceptors (Lipinski definition) is 3. The van der Waals surface area contributed by atoms with Crippen molar-refractivity contribution in [1.29, 1.82) is 0 Å². The molecule has 4 nitrogen and oxygen atoms in total. The molecule has 0 aliphatic carbocycles. The Morgan fingerprint density at radius 3 is 2.75 bits per heavy atom. The van der Waals surface area contributed by atoms with E-state index >= 15 is 0 Å². The molecular formula is C8H16N2O2. The van der Waals surface area contributed by atoms with Crippen molar-refractivity contribution in [3.8, 4) is 0 Å². The van der Waals surface area contributed by atoms with Crippen LogP contribution in [0, 0.1) is 0 Å². The number of rotatable bonds is 6. The molecule has 0 aromatic heterocycles. The summed E-state index contributed by atoms with van der Waals surface area (Å²) in [5, 5.41) is 3.12. The molecule has 1 heterocycles. The zero-order valence-corrected chi connectivity index (χ0v) is 7.21. The summed E-state index contributed by atoms with van der Waals surface area (Å²) < 4.78 is 5.45. The number of nitrogens with one attached hydrogen (secondary N) is 1. The molecule has 0 unspecified atom stereocenters. The maximum Gasteiger partial charge on any atom is 0.217 e. The van der Waals surface area contributed by atoms with Gasteiger partial charge in [-0.3, -0.25) is 4.79 Å². The molecule has 4 heteroatoms. The van der Waals surface area contributed by atoms with Crippen LogP contribution in [0.1, 0.15) is 19.3 Å². The van der Waals surface area contributed by atoms with Gasteiger partial charge in [-0.25, -0.2) is 0 Å². The van der Waals surface area contributed by atoms with Crippen molar-refractivity contribution in [1.82, 2.24) is 5.32 Å². The molecule has 1 fully saturated rings. The van der Waals surface area contributed by atoms with E-state index in [1.54, 1.807) is 0 Å². The van der Waals surface area contributed by atoms with Gasteiger partial charge >= 0.3 is 0 Å². The lowest BCUT2D eigenvalue weighted by Gasteiger charge is -2.26. The van der Waals surface area contributed by atoms with E-state index in [0.29, 0.717) is 12.5 Å². The number of unbranched alkanes of at least 4 members (excludes halogenated alkanes) is 1. The van der Waals surface area contributed by atoms with Gasteiger partial charge in [0.25, 0.3) is 0 Å². The summed E-state index contributed by atoms with van der Waals surface area (Å²) in [6.07, 6.45) is 2.65. The first-order valence-corrected chi connectivity index (χ1v) is 4.39. The Morgan fingerprint density at radius 2 is 2.25 bits per heavy atom. The molecule has 0 spiro atoms. The molecular weight excluding hydrogens is 156 g/mol. The monoisotopic (exact) mass is 172 g/mol. The largest absolute Gasteiger partial charge is 0.376 e. The number of carbonyl (C=O) groups excluding carboxylic acids is 1. The molecule has 0 atom stereocenters. The van der Waals surface area contributed by atoms with Crippen LogP contribution in [0.25, 0.3) is 0 Å². The van der Waals surface area contributed by atoms with Gasteiger partial charge in [-0.05, 0) is 12.8 Å². The highest BCUT2D eigenvalue weighted by Crippen LogP contribution is 2.01. The minimum Gasteiger partial charge on any atom is -0.376 e. The number of amides is 1. The van der Waals surface area contributed by atoms with Gasteiger partial charge in [-0.15, -0.1) is 0 Å². The fourth-order valence-corrected chi connectivity index (χ4v) is 1.03. The van der Waals surface area contributed by atoms with Crippen LogP contribution < -0.4 is 11.1 Å². The number of primary amides is 1. The molecule has 1 aliphatic heterocycles. The normalized spacial score (nSPS) is 17.3. The molecule has 0 saturated carbocycles. The summed E-state index contributed by atoms with van der Waals surface area (Å²) in [6.45, 7) is 2.69. The molecule has 1 rings (SSSR count). The van der Waals surface area contributed by atoms with E-state index in [2.05, 4.69) is 5.32 Å². The Morgan fingerprint density at radius 1 is 1.50 bits per heavy atom. The molecule has 3 N–H and O–H groups in total. The smallest absolute Gasteiger partial charge is 0.217 e. The summed E-state index contributed by atoms with van der Waals surface area (Å²) in [5.41, 5.74) is 4.98. The van der Waals surface area contributed by atoms with Crippen LogP contribution in [0.4, 0.5) is 0 Å². The lowest BCUT2D eigenvalue weighted by molar-refractivity contribution is -0.118. The van der Waals surface area contributed by atoms with E-state index in [0.717, 1.165) is 32.5 Å². The number of hydrogen-bond donors (Lipinski definition) is 2. The summed E-state index contributed by atoms with van der Waals surface area (Å²) in [5.74, 6) is -0.222. The highest BCUT2D eigenvalue weighted by Gasteiger charge is 2.15. The first kappa shape index (κ1) is 9.48. The van der Waals surface area contributed by atoms with Crippen molar-refractivity contribution in [3.63, 3.8) is 0 Å². The van der Waals surface area contributed by atoms with Gasteiger partial charge in [0.15, 0.2) is 0 Å². The zero-order chi connectivity index (χ0) is 8.81. The van der Waals surface area contributed by atoms with E-state index in [-0.39, 0.29) is 5.91 Å². The van der Waals surface area contributed by atoms with Crippen molar-refractivity contribution in [2.75, 3.05) is 19.7 Å². The Balaban J connectivity index is 1.79. The van der Waals surface area contributed by atoms with Gasteiger partial charge in [0.2, 0.25) is 5.91 Å². The second kappa shape index (κ2) is 5.11. The highest BCUT2D eigenvalue weighted by atomic mass is 16.5. The van der Waals surface area contributed by atoms with Crippen molar-refractivity contribution in [3.05, 3.63) is 0 Å². The maximum atomic E-state index is 10.3. The van der Waals surface area contributed by atoms with Gasteiger partial charge in [0, 0.05) is 26.1 Å². The average molecular weight is 172 g/mol. The van der Waals surface area contributed by atoms with E-state index < -0.39 is 0 Å². The molecule has 0 aromatic rings. The van der Waals surface area contributed by atoms with Gasteiger partial charge < -0.3 is 15.8 Å². The summed E-state index contributed by atoms with van der Waals surface area (Å²) in [4.78, 5) is 10.3. The molecule has 0 aromatic carbocycles. The predicted molar refractivity (Wildman–Crippen MR) is 45.7 cm³/mol. The van der Waals surface area contributed by atoms with Crippen molar-refractivity contribution < 1.29 is 9.53 Å². The fraction of sp³-hybridized carbons (Fsp3) is 0.875. The minimum atomic E-state index is -0.222. The van der Waals surface area contributed by atoms with Gasteiger partial charge in [0.1, 0.15) is 0 Å². The lowest BCUT2D eigenvalue weighted by atomic mass is 10.2. The molecule has 12 heavy (non-hydrogen) atoms. The maximum absolute atomic E-state index is 10.3. The van der Waals surface area contributed by atoms with Crippen molar-refractivity contribution >= 4 is 5.91 Å². The van der Waals surface area contributed by atoms with Crippen LogP contribution in [0.2, 0.25) is 0 Å². The first-order valence-electron chi connectivity index (χ1n) is 4.39. The van der Waals surface area contributed by atoms with Crippen LogP contribution in [0.15, 0.2) is 0 Å².